The average Bonchev–Trinajstić information content (AvgIpc) is 2.79. The average molecular weight is 236 g/mol. The van der Waals surface area contributed by atoms with Crippen molar-refractivity contribution in [2.75, 3.05) is 5.32 Å². The highest BCUT2D eigenvalue weighted by molar-refractivity contribution is 7.07. The molecule has 0 radical (unpaired) electrons. The van der Waals surface area contributed by atoms with Crippen molar-refractivity contribution in [1.29, 1.82) is 0 Å². The summed E-state index contributed by atoms with van der Waals surface area (Å²) in [5.74, 6) is 0. The number of nitro groups is 1. The minimum absolute atomic E-state index is 0.0299. The van der Waals surface area contributed by atoms with Gasteiger partial charge in [0.2, 0.25) is 0 Å². The molecule has 0 aliphatic rings. The Morgan fingerprint density at radius 2 is 2.44 bits per heavy atom. The lowest BCUT2D eigenvalue weighted by Gasteiger charge is -2.04. The molecule has 6 nitrogen and oxygen atoms in total. The summed E-state index contributed by atoms with van der Waals surface area (Å²) in [5, 5.41) is 15.5. The number of anilines is 1. The molecule has 0 bridgehead atoms. The number of pyridine rings is 1. The van der Waals surface area contributed by atoms with Crippen molar-refractivity contribution in [2.45, 2.75) is 6.54 Å². The Morgan fingerprint density at radius 1 is 1.56 bits per heavy atom. The van der Waals surface area contributed by atoms with Gasteiger partial charge in [-0.05, 0) is 6.07 Å². The van der Waals surface area contributed by atoms with Crippen LogP contribution >= 0.6 is 11.3 Å². The molecule has 0 aliphatic heterocycles. The summed E-state index contributed by atoms with van der Waals surface area (Å²) in [6.07, 6.45) is 2.74. The number of rotatable bonds is 4. The Morgan fingerprint density at radius 3 is 3.12 bits per heavy atom. The van der Waals surface area contributed by atoms with Crippen LogP contribution in [0, 0.1) is 10.1 Å². The number of nitrogens with one attached hydrogen (secondary N) is 1. The zero-order chi connectivity index (χ0) is 11.4. The van der Waals surface area contributed by atoms with E-state index in [9.17, 15) is 10.1 Å². The van der Waals surface area contributed by atoms with Crippen molar-refractivity contribution < 1.29 is 4.92 Å². The molecule has 0 saturated carbocycles. The lowest BCUT2D eigenvalue weighted by atomic mass is 10.3. The molecule has 1 N–H and O–H groups in total. The van der Waals surface area contributed by atoms with Crippen LogP contribution < -0.4 is 5.32 Å². The standard InChI is InChI=1S/C9H8N4O2S/c14-13(15)9-4-10-2-1-8(9)11-3-7-5-16-6-12-7/h1-2,4-6H,3H2,(H,10,11). The summed E-state index contributed by atoms with van der Waals surface area (Å²) in [6.45, 7) is 0.467. The van der Waals surface area contributed by atoms with E-state index in [0.717, 1.165) is 5.69 Å². The van der Waals surface area contributed by atoms with E-state index in [0.29, 0.717) is 12.2 Å². The van der Waals surface area contributed by atoms with E-state index in [1.54, 1.807) is 11.6 Å². The molecule has 82 valence electrons. The molecule has 2 aromatic heterocycles. The summed E-state index contributed by atoms with van der Waals surface area (Å²) in [5.41, 5.74) is 3.00. The zero-order valence-corrected chi connectivity index (χ0v) is 8.98. The quantitative estimate of drug-likeness (QED) is 0.649. The van der Waals surface area contributed by atoms with E-state index in [-0.39, 0.29) is 5.69 Å². The lowest BCUT2D eigenvalue weighted by molar-refractivity contribution is -0.384. The third-order valence-corrected chi connectivity index (χ3v) is 2.58. The third kappa shape index (κ3) is 2.31. The van der Waals surface area contributed by atoms with Crippen molar-refractivity contribution in [3.63, 3.8) is 0 Å². The molecule has 2 heterocycles. The van der Waals surface area contributed by atoms with Crippen LogP contribution in [0.3, 0.4) is 0 Å². The van der Waals surface area contributed by atoms with Gasteiger partial charge in [-0.2, -0.15) is 0 Å². The van der Waals surface area contributed by atoms with Crippen LogP contribution in [0.5, 0.6) is 0 Å². The van der Waals surface area contributed by atoms with Gasteiger partial charge >= 0.3 is 5.69 Å². The Labute approximate surface area is 95.1 Å². The molecule has 0 saturated heterocycles. The maximum Gasteiger partial charge on any atom is 0.310 e. The van der Waals surface area contributed by atoms with E-state index < -0.39 is 4.92 Å². The fraction of sp³-hybridized carbons (Fsp3) is 0.111. The molecule has 2 rings (SSSR count). The number of hydrogen-bond donors (Lipinski definition) is 1. The molecule has 0 atom stereocenters. The summed E-state index contributed by atoms with van der Waals surface area (Å²) in [6, 6.07) is 1.57. The molecule has 16 heavy (non-hydrogen) atoms. The summed E-state index contributed by atoms with van der Waals surface area (Å²) in [7, 11) is 0. The lowest BCUT2D eigenvalue weighted by Crippen LogP contribution is -2.03. The first kappa shape index (κ1) is 10.5. The van der Waals surface area contributed by atoms with E-state index in [4.69, 9.17) is 0 Å². The van der Waals surface area contributed by atoms with Crippen LogP contribution in [0.4, 0.5) is 11.4 Å². The van der Waals surface area contributed by atoms with Crippen molar-refractivity contribution in [2.24, 2.45) is 0 Å². The molecule has 7 heteroatoms. The fourth-order valence-electron chi connectivity index (χ4n) is 1.19. The van der Waals surface area contributed by atoms with Crippen LogP contribution in [0.25, 0.3) is 0 Å². The predicted octanol–water partition coefficient (Wildman–Crippen LogP) is 2.06. The molecule has 0 spiro atoms. The largest absolute Gasteiger partial charge is 0.374 e. The van der Waals surface area contributed by atoms with Crippen LogP contribution in [0.1, 0.15) is 5.69 Å². The van der Waals surface area contributed by atoms with E-state index in [2.05, 4.69) is 15.3 Å². The number of thiazole rings is 1. The second-order valence-electron chi connectivity index (χ2n) is 2.98. The van der Waals surface area contributed by atoms with Crippen LogP contribution in [0.2, 0.25) is 0 Å². The highest BCUT2D eigenvalue weighted by Gasteiger charge is 2.12. The van der Waals surface area contributed by atoms with Gasteiger partial charge in [0.05, 0.1) is 22.7 Å². The predicted molar refractivity (Wildman–Crippen MR) is 60.3 cm³/mol. The molecule has 0 fully saturated rings. The molecule has 0 unspecified atom stereocenters. The second-order valence-corrected chi connectivity index (χ2v) is 3.70. The van der Waals surface area contributed by atoms with Gasteiger partial charge < -0.3 is 5.32 Å². The summed E-state index contributed by atoms with van der Waals surface area (Å²) >= 11 is 1.49. The van der Waals surface area contributed by atoms with Crippen molar-refractivity contribution >= 4 is 22.7 Å². The van der Waals surface area contributed by atoms with Crippen LogP contribution in [-0.4, -0.2) is 14.9 Å². The smallest absolute Gasteiger partial charge is 0.310 e. The summed E-state index contributed by atoms with van der Waals surface area (Å²) in [4.78, 5) is 18.0. The Kier molecular flexibility index (Phi) is 3.06. The van der Waals surface area contributed by atoms with E-state index >= 15 is 0 Å². The molecular weight excluding hydrogens is 228 g/mol. The Bertz CT molecular complexity index is 486. The minimum Gasteiger partial charge on any atom is -0.374 e. The highest BCUT2D eigenvalue weighted by atomic mass is 32.1. The third-order valence-electron chi connectivity index (χ3n) is 1.94. The summed E-state index contributed by atoms with van der Waals surface area (Å²) < 4.78 is 0. The van der Waals surface area contributed by atoms with Gasteiger partial charge in [0, 0.05) is 11.6 Å². The van der Waals surface area contributed by atoms with Crippen molar-refractivity contribution in [3.05, 3.63) is 45.2 Å². The van der Waals surface area contributed by atoms with Gasteiger partial charge in [0.25, 0.3) is 0 Å². The van der Waals surface area contributed by atoms with Gasteiger partial charge in [-0.1, -0.05) is 0 Å². The Hall–Kier alpha value is -2.02. The van der Waals surface area contributed by atoms with Crippen LogP contribution in [0.15, 0.2) is 29.4 Å². The monoisotopic (exact) mass is 236 g/mol. The first-order valence-corrected chi connectivity index (χ1v) is 5.41. The van der Waals surface area contributed by atoms with Gasteiger partial charge in [0.15, 0.2) is 0 Å². The number of hydrogen-bond acceptors (Lipinski definition) is 6. The molecule has 2 aromatic rings. The first-order chi connectivity index (χ1) is 7.77. The van der Waals surface area contributed by atoms with Gasteiger partial charge in [0.1, 0.15) is 11.9 Å². The highest BCUT2D eigenvalue weighted by Crippen LogP contribution is 2.22. The minimum atomic E-state index is -0.462. The fourth-order valence-corrected chi connectivity index (χ4v) is 1.75. The SMILES string of the molecule is O=[N+]([O-])c1cnccc1NCc1cscn1. The van der Waals surface area contributed by atoms with E-state index in [1.165, 1.54) is 23.7 Å². The van der Waals surface area contributed by atoms with Gasteiger partial charge in [-0.25, -0.2) is 4.98 Å². The molecule has 0 amide bonds. The molecule has 0 aliphatic carbocycles. The first-order valence-electron chi connectivity index (χ1n) is 4.46. The number of aromatic nitrogens is 2. The van der Waals surface area contributed by atoms with E-state index in [1.807, 2.05) is 5.38 Å². The molecule has 0 aromatic carbocycles. The van der Waals surface area contributed by atoms with Crippen molar-refractivity contribution in [1.82, 2.24) is 9.97 Å². The van der Waals surface area contributed by atoms with Crippen molar-refractivity contribution in [3.8, 4) is 0 Å². The zero-order valence-electron chi connectivity index (χ0n) is 8.16. The topological polar surface area (TPSA) is 81.0 Å². The second kappa shape index (κ2) is 4.67. The maximum absolute atomic E-state index is 10.7. The van der Waals surface area contributed by atoms with Gasteiger partial charge in [-0.15, -0.1) is 11.3 Å². The maximum atomic E-state index is 10.7. The normalized spacial score (nSPS) is 10.0. The Balaban J connectivity index is 2.12. The number of nitrogens with zero attached hydrogens (tertiary/aromatic N) is 3. The van der Waals surface area contributed by atoms with Crippen LogP contribution in [-0.2, 0) is 6.54 Å². The van der Waals surface area contributed by atoms with Gasteiger partial charge in [-0.3, -0.25) is 15.1 Å². The molecular formula is C9H8N4O2S.